The Bertz CT molecular complexity index is 591. The Hall–Kier alpha value is -0.306. The van der Waals surface area contributed by atoms with Crippen molar-refractivity contribution in [3.63, 3.8) is 0 Å². The van der Waals surface area contributed by atoms with Crippen LogP contribution in [0.25, 0.3) is 0 Å². The first-order chi connectivity index (χ1) is 13.1. The summed E-state index contributed by atoms with van der Waals surface area (Å²) in [7, 11) is -3.26. The highest BCUT2D eigenvalue weighted by Crippen LogP contribution is 2.48. The monoisotopic (exact) mass is 434 g/mol. The molecule has 1 aliphatic rings. The van der Waals surface area contributed by atoms with Crippen LogP contribution in [0.4, 0.5) is 0 Å². The zero-order chi connectivity index (χ0) is 22.8. The van der Waals surface area contributed by atoms with Gasteiger partial charge in [0, 0.05) is 12.5 Å². The van der Waals surface area contributed by atoms with E-state index in [4.69, 9.17) is 4.43 Å². The van der Waals surface area contributed by atoms with Gasteiger partial charge in [-0.3, -0.25) is 0 Å². The summed E-state index contributed by atoms with van der Waals surface area (Å²) >= 11 is 0. The Morgan fingerprint density at radius 3 is 1.83 bits per heavy atom. The van der Waals surface area contributed by atoms with Gasteiger partial charge in [0.25, 0.3) is 0 Å². The molecular weight excluding hydrogens is 384 g/mol. The van der Waals surface area contributed by atoms with E-state index >= 15 is 0 Å². The molecule has 0 heterocycles. The molecule has 168 valence electrons. The minimum absolute atomic E-state index is 0.280. The second-order valence-corrected chi connectivity index (χ2v) is 22.5. The second kappa shape index (κ2) is 9.88. The van der Waals surface area contributed by atoms with Crippen LogP contribution in [0.15, 0.2) is 12.2 Å². The van der Waals surface area contributed by atoms with Gasteiger partial charge in [-0.25, -0.2) is 0 Å². The van der Waals surface area contributed by atoms with Crippen LogP contribution in [0.2, 0.25) is 34.8 Å². The average molecular weight is 435 g/mol. The summed E-state index contributed by atoms with van der Waals surface area (Å²) in [6, 6.07) is 0. The maximum Gasteiger partial charge on any atom is 0.192 e. The Morgan fingerprint density at radius 2 is 1.41 bits per heavy atom. The summed E-state index contributed by atoms with van der Waals surface area (Å²) in [5.74, 6) is 6.14. The minimum Gasteiger partial charge on any atom is -0.416 e. The molecule has 0 aromatic rings. The van der Waals surface area contributed by atoms with Crippen molar-refractivity contribution in [3.8, 4) is 11.5 Å². The maximum atomic E-state index is 6.40. The van der Waals surface area contributed by atoms with Crippen LogP contribution in [0.3, 0.4) is 0 Å². The molecule has 0 aromatic carbocycles. The van der Waals surface area contributed by atoms with Gasteiger partial charge in [0.1, 0.15) is 8.07 Å². The molecule has 1 rings (SSSR count). The van der Waals surface area contributed by atoms with Gasteiger partial charge >= 0.3 is 0 Å². The van der Waals surface area contributed by atoms with Crippen molar-refractivity contribution >= 4 is 16.4 Å². The fraction of sp³-hybridized carbons (Fsp3) is 0.846. The summed E-state index contributed by atoms with van der Waals surface area (Å²) in [6.45, 7) is 31.5. The molecule has 3 heteroatoms. The summed E-state index contributed by atoms with van der Waals surface area (Å²) in [5.41, 5.74) is 6.08. The van der Waals surface area contributed by atoms with Gasteiger partial charge < -0.3 is 4.43 Å². The molecule has 0 aliphatic heterocycles. The highest BCUT2D eigenvalue weighted by atomic mass is 28.4. The molecule has 1 nitrogen and oxygen atoms in total. The van der Waals surface area contributed by atoms with Crippen molar-refractivity contribution in [2.24, 2.45) is 23.7 Å². The van der Waals surface area contributed by atoms with Crippen LogP contribution in [0.5, 0.6) is 0 Å². The minimum atomic E-state index is -1.65. The first-order valence-electron chi connectivity index (χ1n) is 11.9. The van der Waals surface area contributed by atoms with E-state index in [1.54, 1.807) is 0 Å². The molecule has 1 aliphatic carbocycles. The van der Waals surface area contributed by atoms with Gasteiger partial charge in [-0.15, -0.1) is 11.5 Å². The summed E-state index contributed by atoms with van der Waals surface area (Å²) < 4.78 is 6.40. The summed E-state index contributed by atoms with van der Waals surface area (Å²) in [6.07, 6.45) is 4.82. The molecule has 0 radical (unpaired) electrons. The molecular formula is C26H50OSi2. The van der Waals surface area contributed by atoms with Crippen LogP contribution in [0.1, 0.15) is 76.2 Å². The van der Waals surface area contributed by atoms with Gasteiger partial charge in [-0.05, 0) is 52.5 Å². The van der Waals surface area contributed by atoms with E-state index < -0.39 is 16.4 Å². The average Bonchev–Trinajstić information content (AvgIpc) is 3.18. The van der Waals surface area contributed by atoms with Crippen molar-refractivity contribution in [2.75, 3.05) is 6.61 Å². The lowest BCUT2D eigenvalue weighted by Crippen LogP contribution is -2.43. The zero-order valence-electron chi connectivity index (χ0n) is 21.8. The first kappa shape index (κ1) is 26.7. The van der Waals surface area contributed by atoms with Crippen molar-refractivity contribution < 1.29 is 4.43 Å². The lowest BCUT2D eigenvalue weighted by molar-refractivity contribution is 0.259. The molecule has 1 saturated carbocycles. The molecule has 4 atom stereocenters. The molecule has 0 saturated heterocycles. The van der Waals surface area contributed by atoms with Crippen LogP contribution in [-0.4, -0.2) is 23.0 Å². The first-order valence-corrected chi connectivity index (χ1v) is 17.1. The number of hydrogen-bond donors (Lipinski definition) is 0. The highest BCUT2D eigenvalue weighted by molar-refractivity contribution is 6.90. The van der Waals surface area contributed by atoms with E-state index in [1.165, 1.54) is 0 Å². The lowest BCUT2D eigenvalue weighted by Gasteiger charge is -2.38. The summed E-state index contributed by atoms with van der Waals surface area (Å²) in [5, 5.41) is 0.280. The van der Waals surface area contributed by atoms with Crippen LogP contribution < -0.4 is 0 Å². The molecule has 0 bridgehead atoms. The fourth-order valence-electron chi connectivity index (χ4n) is 4.59. The quantitative estimate of drug-likeness (QED) is 0.212. The Morgan fingerprint density at radius 1 is 0.931 bits per heavy atom. The molecule has 29 heavy (non-hydrogen) atoms. The second-order valence-electron chi connectivity index (χ2n) is 12.1. The van der Waals surface area contributed by atoms with Gasteiger partial charge in [0.2, 0.25) is 0 Å². The fourth-order valence-corrected chi connectivity index (χ4v) is 11.0. The Balaban J connectivity index is 2.76. The Kier molecular flexibility index (Phi) is 9.11. The molecule has 0 N–H and O–H groups in total. The van der Waals surface area contributed by atoms with Crippen LogP contribution in [-0.2, 0) is 4.43 Å². The standard InChI is InChI=1S/C26H50OSi2/c1-19(2)29(20(3)4,21(5)6)17-16-25-23(8)24(25)15-14-22(7)18-27-28(12,13)26(9,10)11/h14-15,19-25H,18H2,1-13H3/b15-14+/t22-,23-,24+,25+/m1/s1. The lowest BCUT2D eigenvalue weighted by atomic mass is 10.1. The van der Waals surface area contributed by atoms with E-state index in [9.17, 15) is 0 Å². The van der Waals surface area contributed by atoms with Gasteiger partial charge in [-0.1, -0.05) is 88.3 Å². The normalized spacial score (nSPS) is 24.3. The topological polar surface area (TPSA) is 9.23 Å². The van der Waals surface area contributed by atoms with Gasteiger partial charge in [-0.2, -0.15) is 0 Å². The Labute approximate surface area is 185 Å². The number of allylic oxidation sites excluding steroid dienone is 1. The molecule has 0 aromatic heterocycles. The van der Waals surface area contributed by atoms with Gasteiger partial charge in [0.15, 0.2) is 8.32 Å². The molecule has 0 unspecified atom stereocenters. The van der Waals surface area contributed by atoms with Crippen molar-refractivity contribution in [2.45, 2.75) is 111 Å². The van der Waals surface area contributed by atoms with E-state index in [0.29, 0.717) is 40.3 Å². The third-order valence-corrected chi connectivity index (χ3v) is 18.8. The van der Waals surface area contributed by atoms with Crippen LogP contribution >= 0.6 is 0 Å². The SMILES string of the molecule is CC(C)[Si](C#C[C@H]1[C@H](C)[C@@H]1/C=C/[C@@H](C)CO[Si](C)(C)C(C)(C)C)(C(C)C)C(C)C. The van der Waals surface area contributed by atoms with E-state index in [1.807, 2.05) is 0 Å². The summed E-state index contributed by atoms with van der Waals surface area (Å²) in [4.78, 5) is 0. The number of rotatable bonds is 8. The molecule has 0 spiro atoms. The predicted molar refractivity (Wildman–Crippen MR) is 136 cm³/mol. The number of hydrogen-bond acceptors (Lipinski definition) is 1. The highest BCUT2D eigenvalue weighted by Gasteiger charge is 2.46. The maximum absolute atomic E-state index is 6.40. The van der Waals surface area contributed by atoms with E-state index in [-0.39, 0.29) is 5.04 Å². The third-order valence-electron chi connectivity index (χ3n) is 7.94. The smallest absolute Gasteiger partial charge is 0.192 e. The zero-order valence-corrected chi connectivity index (χ0v) is 23.8. The van der Waals surface area contributed by atoms with Crippen molar-refractivity contribution in [1.29, 1.82) is 0 Å². The largest absolute Gasteiger partial charge is 0.416 e. The third kappa shape index (κ3) is 6.34. The van der Waals surface area contributed by atoms with Crippen LogP contribution in [0, 0.1) is 35.1 Å². The molecule has 1 fully saturated rings. The van der Waals surface area contributed by atoms with E-state index in [0.717, 1.165) is 6.61 Å². The predicted octanol–water partition coefficient (Wildman–Crippen LogP) is 8.30. The van der Waals surface area contributed by atoms with Crippen molar-refractivity contribution in [1.82, 2.24) is 0 Å². The van der Waals surface area contributed by atoms with E-state index in [2.05, 4.69) is 113 Å². The van der Waals surface area contributed by atoms with Gasteiger partial charge in [0.05, 0.1) is 0 Å². The molecule has 0 amide bonds. The van der Waals surface area contributed by atoms with Crippen molar-refractivity contribution in [3.05, 3.63) is 12.2 Å².